The van der Waals surface area contributed by atoms with Gasteiger partial charge in [0.2, 0.25) is 5.13 Å². The Balaban J connectivity index is 1.43. The molecule has 0 saturated carbocycles. The molecule has 1 aliphatic heterocycles. The number of para-hydroxylation sites is 1. The molecule has 0 spiro atoms. The molecule has 1 fully saturated rings. The molecule has 0 unspecified atom stereocenters. The summed E-state index contributed by atoms with van der Waals surface area (Å²) in [6.07, 6.45) is 2.52. The lowest BCUT2D eigenvalue weighted by Crippen LogP contribution is -2.40. The fourth-order valence-electron chi connectivity index (χ4n) is 3.39. The number of likely N-dealkylation sites (tertiary alicyclic amines) is 1. The van der Waals surface area contributed by atoms with E-state index in [1.54, 1.807) is 0 Å². The number of carbonyl (C=O) groups is 1. The molecular weight excluding hydrogens is 350 g/mol. The van der Waals surface area contributed by atoms with Crippen LogP contribution in [0.15, 0.2) is 18.2 Å². The Morgan fingerprint density at radius 3 is 3.12 bits per heavy atom. The zero-order valence-electron chi connectivity index (χ0n) is 14.5. The van der Waals surface area contributed by atoms with Gasteiger partial charge in [0.1, 0.15) is 10.8 Å². The number of aryl methyl sites for hydroxylation is 1. The van der Waals surface area contributed by atoms with E-state index >= 15 is 0 Å². The first-order chi connectivity index (χ1) is 12.6. The monoisotopic (exact) mass is 371 g/mol. The number of H-pyrrole nitrogens is 1. The molecule has 9 heteroatoms. The number of hydrogen-bond acceptors (Lipinski definition) is 6. The summed E-state index contributed by atoms with van der Waals surface area (Å²) in [6.45, 7) is 3.29. The first kappa shape index (κ1) is 16.8. The normalized spacial score (nSPS) is 17.1. The fourth-order valence-corrected chi connectivity index (χ4v) is 4.00. The lowest BCUT2D eigenvalue weighted by atomic mass is 10.2. The van der Waals surface area contributed by atoms with E-state index in [-0.39, 0.29) is 12.1 Å². The minimum atomic E-state index is -0.0674. The number of nitrogens with one attached hydrogen (secondary N) is 2. The zero-order valence-corrected chi connectivity index (χ0v) is 15.3. The number of amides is 2. The highest BCUT2D eigenvalue weighted by Crippen LogP contribution is 2.31. The predicted molar refractivity (Wildman–Crippen MR) is 101 cm³/mol. The Labute approximate surface area is 154 Å². The molecule has 0 radical (unpaired) electrons. The van der Waals surface area contributed by atoms with E-state index in [0.29, 0.717) is 18.1 Å². The van der Waals surface area contributed by atoms with E-state index in [2.05, 4.69) is 20.5 Å². The molecule has 0 bridgehead atoms. The molecule has 1 atom stereocenters. The maximum atomic E-state index is 12.6. The van der Waals surface area contributed by atoms with Gasteiger partial charge in [-0.1, -0.05) is 23.5 Å². The number of anilines is 1. The zero-order chi connectivity index (χ0) is 18.1. The highest BCUT2D eigenvalue weighted by atomic mass is 32.1. The van der Waals surface area contributed by atoms with E-state index in [4.69, 9.17) is 10.7 Å². The number of rotatable bonds is 4. The lowest BCUT2D eigenvalue weighted by Gasteiger charge is -2.23. The number of imidazole rings is 1. The second-order valence-electron chi connectivity index (χ2n) is 6.46. The van der Waals surface area contributed by atoms with Gasteiger partial charge < -0.3 is 20.9 Å². The van der Waals surface area contributed by atoms with Crippen LogP contribution in [-0.4, -0.2) is 44.2 Å². The van der Waals surface area contributed by atoms with Crippen molar-refractivity contribution in [1.29, 1.82) is 0 Å². The Kier molecular flexibility index (Phi) is 4.46. The minimum Gasteiger partial charge on any atom is -0.374 e. The number of hydrogen-bond donors (Lipinski definition) is 3. The van der Waals surface area contributed by atoms with E-state index in [1.165, 1.54) is 11.3 Å². The summed E-state index contributed by atoms with van der Waals surface area (Å²) in [4.78, 5) is 22.6. The summed E-state index contributed by atoms with van der Waals surface area (Å²) in [5.41, 5.74) is 8.70. The number of nitrogen functional groups attached to an aromatic ring is 1. The van der Waals surface area contributed by atoms with Crippen LogP contribution in [0.2, 0.25) is 0 Å². The first-order valence-electron chi connectivity index (χ1n) is 8.69. The quantitative estimate of drug-likeness (QED) is 0.652. The summed E-state index contributed by atoms with van der Waals surface area (Å²) >= 11 is 1.35. The largest absolute Gasteiger partial charge is 0.374 e. The van der Waals surface area contributed by atoms with E-state index in [9.17, 15) is 4.79 Å². The molecule has 2 amide bonds. The Morgan fingerprint density at radius 2 is 2.35 bits per heavy atom. The van der Waals surface area contributed by atoms with Gasteiger partial charge in [0.15, 0.2) is 0 Å². The number of carbonyl (C=O) groups excluding carboxylic acids is 1. The van der Waals surface area contributed by atoms with Gasteiger partial charge in [0.05, 0.1) is 17.1 Å². The van der Waals surface area contributed by atoms with Crippen LogP contribution < -0.4 is 11.1 Å². The van der Waals surface area contributed by atoms with Gasteiger partial charge in [-0.2, -0.15) is 0 Å². The minimum absolute atomic E-state index is 0.0148. The van der Waals surface area contributed by atoms with Crippen molar-refractivity contribution in [2.45, 2.75) is 32.2 Å². The molecule has 2 aromatic heterocycles. The second-order valence-corrected chi connectivity index (χ2v) is 7.55. The standard InChI is InChI=1S/C17H21N7OS/c1-10-4-2-5-11-14(10)21-15(20-11)12-6-3-9-24(12)17(25)19-8-7-13-22-23-16(18)26-13/h2,4-5,12H,3,6-9H2,1H3,(H2,18,23)(H,19,25)(H,20,21)/t12-/m0/s1. The molecule has 4 N–H and O–H groups in total. The number of nitrogens with zero attached hydrogens (tertiary/aromatic N) is 4. The first-order valence-corrected chi connectivity index (χ1v) is 9.51. The predicted octanol–water partition coefficient (Wildman–Crippen LogP) is 2.39. The van der Waals surface area contributed by atoms with Crippen molar-refractivity contribution >= 4 is 33.5 Å². The molecule has 4 rings (SSSR count). The number of aromatic amines is 1. The molecule has 3 heterocycles. The molecule has 26 heavy (non-hydrogen) atoms. The number of fused-ring (bicyclic) bond motifs is 1. The third-order valence-electron chi connectivity index (χ3n) is 4.66. The van der Waals surface area contributed by atoms with Gasteiger partial charge in [-0.05, 0) is 31.4 Å². The molecule has 136 valence electrons. The van der Waals surface area contributed by atoms with Gasteiger partial charge >= 0.3 is 6.03 Å². The van der Waals surface area contributed by atoms with Crippen molar-refractivity contribution in [2.24, 2.45) is 0 Å². The summed E-state index contributed by atoms with van der Waals surface area (Å²) in [7, 11) is 0. The van der Waals surface area contributed by atoms with Crippen LogP contribution in [0.5, 0.6) is 0 Å². The number of benzene rings is 1. The van der Waals surface area contributed by atoms with Crippen LogP contribution >= 0.6 is 11.3 Å². The van der Waals surface area contributed by atoms with Crippen molar-refractivity contribution in [2.75, 3.05) is 18.8 Å². The molecular formula is C17H21N7OS. The van der Waals surface area contributed by atoms with Crippen molar-refractivity contribution in [1.82, 2.24) is 30.4 Å². The molecule has 1 aliphatic rings. The third kappa shape index (κ3) is 3.22. The van der Waals surface area contributed by atoms with Gasteiger partial charge in [-0.3, -0.25) is 0 Å². The van der Waals surface area contributed by atoms with Crippen molar-refractivity contribution < 1.29 is 4.79 Å². The summed E-state index contributed by atoms with van der Waals surface area (Å²) in [5, 5.41) is 12.0. The van der Waals surface area contributed by atoms with E-state index in [1.807, 2.05) is 30.0 Å². The molecule has 1 aromatic carbocycles. The Morgan fingerprint density at radius 1 is 1.46 bits per heavy atom. The van der Waals surface area contributed by atoms with Crippen LogP contribution in [0.3, 0.4) is 0 Å². The maximum Gasteiger partial charge on any atom is 0.318 e. The number of urea groups is 1. The summed E-state index contributed by atoms with van der Waals surface area (Å²) in [5.74, 6) is 0.860. The second kappa shape index (κ2) is 6.91. The SMILES string of the molecule is Cc1cccc2[nH]c([C@@H]3CCCN3C(=O)NCCc3nnc(N)s3)nc12. The molecule has 1 saturated heterocycles. The van der Waals surface area contributed by atoms with E-state index in [0.717, 1.165) is 46.8 Å². The van der Waals surface area contributed by atoms with Crippen LogP contribution in [0.4, 0.5) is 9.93 Å². The van der Waals surface area contributed by atoms with Crippen LogP contribution in [0.25, 0.3) is 11.0 Å². The number of aromatic nitrogens is 4. The van der Waals surface area contributed by atoms with Gasteiger partial charge in [0.25, 0.3) is 0 Å². The van der Waals surface area contributed by atoms with Gasteiger partial charge in [-0.25, -0.2) is 9.78 Å². The van der Waals surface area contributed by atoms with Crippen molar-refractivity contribution in [3.8, 4) is 0 Å². The highest BCUT2D eigenvalue weighted by molar-refractivity contribution is 7.15. The highest BCUT2D eigenvalue weighted by Gasteiger charge is 2.32. The summed E-state index contributed by atoms with van der Waals surface area (Å²) in [6, 6.07) is 6.00. The summed E-state index contributed by atoms with van der Waals surface area (Å²) < 4.78 is 0. The molecule has 0 aliphatic carbocycles. The van der Waals surface area contributed by atoms with E-state index < -0.39 is 0 Å². The third-order valence-corrected chi connectivity index (χ3v) is 5.47. The smallest absolute Gasteiger partial charge is 0.318 e. The number of nitrogens with two attached hydrogens (primary N) is 1. The van der Waals surface area contributed by atoms with Crippen molar-refractivity contribution in [3.05, 3.63) is 34.6 Å². The van der Waals surface area contributed by atoms with Crippen LogP contribution in [0, 0.1) is 6.92 Å². The molecule has 3 aromatic rings. The van der Waals surface area contributed by atoms with Crippen LogP contribution in [0.1, 0.15) is 35.3 Å². The fraction of sp³-hybridized carbons (Fsp3) is 0.412. The topological polar surface area (TPSA) is 113 Å². The lowest BCUT2D eigenvalue weighted by molar-refractivity contribution is 0.191. The van der Waals surface area contributed by atoms with Gasteiger partial charge in [-0.15, -0.1) is 10.2 Å². The Bertz CT molecular complexity index is 934. The average molecular weight is 371 g/mol. The van der Waals surface area contributed by atoms with Gasteiger partial charge in [0, 0.05) is 19.5 Å². The average Bonchev–Trinajstić information content (AvgIpc) is 3.33. The maximum absolute atomic E-state index is 12.6. The Hall–Kier alpha value is -2.68. The molecule has 8 nitrogen and oxygen atoms in total. The van der Waals surface area contributed by atoms with Crippen molar-refractivity contribution in [3.63, 3.8) is 0 Å². The van der Waals surface area contributed by atoms with Crippen LogP contribution in [-0.2, 0) is 6.42 Å².